The number of fused-ring (bicyclic) bond motifs is 1. The lowest BCUT2D eigenvalue weighted by Crippen LogP contribution is -2.17. The zero-order chi connectivity index (χ0) is 11.0. The number of rotatable bonds is 2. The standard InChI is InChI=1S/C15H12O/c1-16-14-9-5-8-12-10-13(15(12)14)11-6-3-2-4-7-11/h2-9,13H,1H3. The number of benzene rings is 2. The highest BCUT2D eigenvalue weighted by Crippen LogP contribution is 2.46. The summed E-state index contributed by atoms with van der Waals surface area (Å²) in [7, 11) is 1.72. The minimum Gasteiger partial charge on any atom is -0.496 e. The van der Waals surface area contributed by atoms with Gasteiger partial charge in [-0.05, 0) is 17.2 Å². The molecule has 0 aromatic heterocycles. The summed E-state index contributed by atoms with van der Waals surface area (Å²) >= 11 is 0. The Balaban J connectivity index is 2.03. The first kappa shape index (κ1) is 9.46. The number of methoxy groups -OCH3 is 1. The Morgan fingerprint density at radius 3 is 2.56 bits per heavy atom. The molecule has 1 aliphatic carbocycles. The van der Waals surface area contributed by atoms with Crippen LogP contribution in [-0.2, 0) is 0 Å². The molecular formula is C15H12O. The van der Waals surface area contributed by atoms with E-state index in [2.05, 4.69) is 36.8 Å². The lowest BCUT2D eigenvalue weighted by molar-refractivity contribution is 0.406. The van der Waals surface area contributed by atoms with Gasteiger partial charge < -0.3 is 4.74 Å². The predicted molar refractivity (Wildman–Crippen MR) is 63.6 cm³/mol. The van der Waals surface area contributed by atoms with Gasteiger partial charge in [-0.2, -0.15) is 0 Å². The van der Waals surface area contributed by atoms with E-state index in [0.29, 0.717) is 0 Å². The summed E-state index contributed by atoms with van der Waals surface area (Å²) in [6, 6.07) is 16.5. The fraction of sp³-hybridized carbons (Fsp3) is 0.133. The van der Waals surface area contributed by atoms with E-state index >= 15 is 0 Å². The quantitative estimate of drug-likeness (QED) is 0.736. The zero-order valence-corrected chi connectivity index (χ0v) is 9.10. The molecule has 2 aromatic rings. The van der Waals surface area contributed by atoms with Gasteiger partial charge in [0.2, 0.25) is 0 Å². The Kier molecular flexibility index (Phi) is 2.17. The number of ether oxygens (including phenoxy) is 1. The highest BCUT2D eigenvalue weighted by molar-refractivity contribution is 5.60. The van der Waals surface area contributed by atoms with E-state index in [1.807, 2.05) is 18.2 Å². The Hall–Kier alpha value is -1.76. The summed E-state index contributed by atoms with van der Waals surface area (Å²) in [6.45, 7) is 0. The van der Waals surface area contributed by atoms with Crippen molar-refractivity contribution in [2.75, 3.05) is 7.11 Å². The first-order valence-electron chi connectivity index (χ1n) is 5.38. The van der Waals surface area contributed by atoms with Crippen molar-refractivity contribution < 1.29 is 4.74 Å². The molecular weight excluding hydrogens is 196 g/mol. The molecule has 1 unspecified atom stereocenters. The summed E-state index contributed by atoms with van der Waals surface area (Å²) in [5.41, 5.74) is 3.71. The molecule has 0 N–H and O–H groups in total. The number of hydrogen-bond donors (Lipinski definition) is 0. The van der Waals surface area contributed by atoms with Gasteiger partial charge in [0.25, 0.3) is 0 Å². The highest BCUT2D eigenvalue weighted by Gasteiger charge is 2.31. The first-order valence-corrected chi connectivity index (χ1v) is 5.38. The molecule has 1 nitrogen and oxygen atoms in total. The lowest BCUT2D eigenvalue weighted by Gasteiger charge is -2.31. The van der Waals surface area contributed by atoms with Gasteiger partial charge in [0.15, 0.2) is 0 Å². The van der Waals surface area contributed by atoms with E-state index in [1.165, 1.54) is 16.7 Å². The average Bonchev–Trinajstić information content (AvgIpc) is 2.31. The normalized spacial score (nSPS) is 17.4. The van der Waals surface area contributed by atoms with Crippen LogP contribution in [0.25, 0.3) is 0 Å². The molecule has 1 atom stereocenters. The minimum atomic E-state index is 0.271. The van der Waals surface area contributed by atoms with E-state index in [1.54, 1.807) is 7.11 Å². The third kappa shape index (κ3) is 1.32. The Bertz CT molecular complexity index is 502. The molecule has 0 bridgehead atoms. The van der Waals surface area contributed by atoms with E-state index in [0.717, 1.165) is 5.75 Å². The van der Waals surface area contributed by atoms with Gasteiger partial charge in [-0.25, -0.2) is 0 Å². The topological polar surface area (TPSA) is 9.23 Å². The van der Waals surface area contributed by atoms with Crippen molar-refractivity contribution >= 4 is 0 Å². The molecule has 78 valence electrons. The molecule has 0 saturated carbocycles. The van der Waals surface area contributed by atoms with Gasteiger partial charge in [-0.1, -0.05) is 42.5 Å². The molecule has 1 aliphatic rings. The molecule has 0 aliphatic heterocycles. The van der Waals surface area contributed by atoms with E-state index in [9.17, 15) is 0 Å². The van der Waals surface area contributed by atoms with Crippen molar-refractivity contribution in [2.45, 2.75) is 5.92 Å². The molecule has 2 radical (unpaired) electrons. The third-order valence-electron chi connectivity index (χ3n) is 3.01. The van der Waals surface area contributed by atoms with Crippen LogP contribution < -0.4 is 4.74 Å². The molecule has 0 amide bonds. The van der Waals surface area contributed by atoms with Gasteiger partial charge in [0.05, 0.1) is 7.11 Å². The van der Waals surface area contributed by atoms with Gasteiger partial charge in [0.1, 0.15) is 5.75 Å². The van der Waals surface area contributed by atoms with E-state index in [-0.39, 0.29) is 5.92 Å². The molecule has 0 saturated heterocycles. The van der Waals surface area contributed by atoms with Crippen molar-refractivity contribution in [3.05, 3.63) is 71.6 Å². The smallest absolute Gasteiger partial charge is 0.123 e. The fourth-order valence-electron chi connectivity index (χ4n) is 2.19. The largest absolute Gasteiger partial charge is 0.496 e. The minimum absolute atomic E-state index is 0.271. The molecule has 1 heteroatoms. The van der Waals surface area contributed by atoms with Gasteiger partial charge in [-0.15, -0.1) is 0 Å². The zero-order valence-electron chi connectivity index (χ0n) is 9.10. The summed E-state index contributed by atoms with van der Waals surface area (Å²) < 4.78 is 5.39. The van der Waals surface area contributed by atoms with Crippen LogP contribution in [0.1, 0.15) is 22.6 Å². The number of hydrogen-bond acceptors (Lipinski definition) is 1. The molecule has 3 rings (SSSR count). The molecule has 16 heavy (non-hydrogen) atoms. The van der Waals surface area contributed by atoms with Crippen LogP contribution in [0.3, 0.4) is 0 Å². The van der Waals surface area contributed by atoms with Crippen LogP contribution >= 0.6 is 0 Å². The van der Waals surface area contributed by atoms with Crippen molar-refractivity contribution in [2.24, 2.45) is 0 Å². The summed E-state index contributed by atoms with van der Waals surface area (Å²) in [5.74, 6) is 1.23. The van der Waals surface area contributed by atoms with Gasteiger partial charge >= 0.3 is 0 Å². The Morgan fingerprint density at radius 1 is 1.00 bits per heavy atom. The van der Waals surface area contributed by atoms with Crippen molar-refractivity contribution in [1.82, 2.24) is 0 Å². The lowest BCUT2D eigenvalue weighted by atomic mass is 9.73. The maximum Gasteiger partial charge on any atom is 0.123 e. The second-order valence-corrected chi connectivity index (χ2v) is 3.91. The van der Waals surface area contributed by atoms with Crippen molar-refractivity contribution in [1.29, 1.82) is 0 Å². The van der Waals surface area contributed by atoms with Crippen LogP contribution in [0.5, 0.6) is 5.75 Å². The molecule has 2 aromatic carbocycles. The summed E-state index contributed by atoms with van der Waals surface area (Å²) in [6.07, 6.45) is 3.43. The summed E-state index contributed by atoms with van der Waals surface area (Å²) in [4.78, 5) is 0. The maximum absolute atomic E-state index is 5.39. The van der Waals surface area contributed by atoms with Crippen molar-refractivity contribution in [3.8, 4) is 5.75 Å². The van der Waals surface area contributed by atoms with Crippen LogP contribution in [-0.4, -0.2) is 7.11 Å². The summed E-state index contributed by atoms with van der Waals surface area (Å²) in [5, 5.41) is 0. The highest BCUT2D eigenvalue weighted by atomic mass is 16.5. The van der Waals surface area contributed by atoms with Crippen LogP contribution in [0.4, 0.5) is 0 Å². The van der Waals surface area contributed by atoms with Crippen LogP contribution in [0.2, 0.25) is 0 Å². The van der Waals surface area contributed by atoms with E-state index < -0.39 is 0 Å². The van der Waals surface area contributed by atoms with Crippen LogP contribution in [0, 0.1) is 6.42 Å². The SMILES string of the molecule is COc1cccc2c1C(c1ccccc1)[C]2. The third-order valence-corrected chi connectivity index (χ3v) is 3.01. The van der Waals surface area contributed by atoms with Gasteiger partial charge in [0, 0.05) is 17.9 Å². The van der Waals surface area contributed by atoms with Crippen LogP contribution in [0.15, 0.2) is 48.5 Å². The molecule has 0 heterocycles. The molecule has 0 spiro atoms. The molecule has 0 fully saturated rings. The Morgan fingerprint density at radius 2 is 1.81 bits per heavy atom. The van der Waals surface area contributed by atoms with E-state index in [4.69, 9.17) is 4.74 Å². The Labute approximate surface area is 95.7 Å². The second-order valence-electron chi connectivity index (χ2n) is 3.91. The first-order chi connectivity index (χ1) is 7.90. The second kappa shape index (κ2) is 3.67. The monoisotopic (exact) mass is 208 g/mol. The fourth-order valence-corrected chi connectivity index (χ4v) is 2.19. The predicted octanol–water partition coefficient (Wildman–Crippen LogP) is 3.27. The average molecular weight is 208 g/mol. The van der Waals surface area contributed by atoms with Gasteiger partial charge in [-0.3, -0.25) is 0 Å². The van der Waals surface area contributed by atoms with Crippen molar-refractivity contribution in [3.63, 3.8) is 0 Å². The maximum atomic E-state index is 5.39.